The normalized spacial score (nSPS) is 14.5. The summed E-state index contributed by atoms with van der Waals surface area (Å²) < 4.78 is 10.2. The first-order valence-electron chi connectivity index (χ1n) is 13.1. The minimum atomic E-state index is -0.203. The van der Waals surface area contributed by atoms with Gasteiger partial charge in [0.25, 0.3) is 0 Å². The van der Waals surface area contributed by atoms with Crippen molar-refractivity contribution in [3.8, 4) is 16.9 Å². The molecule has 4 aromatic rings. The predicted molar refractivity (Wildman–Crippen MR) is 153 cm³/mol. The molecule has 1 amide bonds. The van der Waals surface area contributed by atoms with Gasteiger partial charge in [-0.15, -0.1) is 0 Å². The summed E-state index contributed by atoms with van der Waals surface area (Å²) in [7, 11) is 8.04. The van der Waals surface area contributed by atoms with Crippen LogP contribution in [0.2, 0.25) is 0 Å². The molecule has 2 aromatic carbocycles. The monoisotopic (exact) mass is 521 g/mol. The molecule has 1 radical (unpaired) electrons. The van der Waals surface area contributed by atoms with E-state index in [1.54, 1.807) is 6.92 Å². The van der Waals surface area contributed by atoms with Crippen LogP contribution in [0, 0.1) is 0 Å². The van der Waals surface area contributed by atoms with Crippen molar-refractivity contribution in [2.45, 2.75) is 46.7 Å². The SMILES string of the molecule is [B]=C(COc1ccc2c(c1)c1c3c(c4c(c1n2CC)CCc1nn(C)cc1-4)C(=O)NC3)NC(C(C)=O)=C(C)N. The van der Waals surface area contributed by atoms with Crippen LogP contribution in [0.1, 0.15) is 48.0 Å². The number of fused-ring (bicyclic) bond motifs is 10. The molecule has 9 nitrogen and oxygen atoms in total. The molecule has 0 bridgehead atoms. The number of rotatable bonds is 7. The van der Waals surface area contributed by atoms with Gasteiger partial charge in [0.15, 0.2) is 0 Å². The zero-order valence-electron chi connectivity index (χ0n) is 22.6. The number of aryl methyl sites for hydroxylation is 4. The Morgan fingerprint density at radius 2 is 2.03 bits per heavy atom. The first kappa shape index (κ1) is 25.0. The fraction of sp³-hybridized carbons (Fsp3) is 0.310. The van der Waals surface area contributed by atoms with Crippen molar-refractivity contribution in [2.24, 2.45) is 12.8 Å². The zero-order chi connectivity index (χ0) is 27.6. The van der Waals surface area contributed by atoms with Crippen LogP contribution in [0.3, 0.4) is 0 Å². The van der Waals surface area contributed by atoms with Gasteiger partial charge in [0.1, 0.15) is 0 Å². The van der Waals surface area contributed by atoms with E-state index in [0.29, 0.717) is 18.0 Å². The summed E-state index contributed by atoms with van der Waals surface area (Å²) >= 11 is 0. The number of carbonyl (C=O) groups excluding carboxylic acids is 2. The van der Waals surface area contributed by atoms with E-state index in [9.17, 15) is 9.59 Å². The van der Waals surface area contributed by atoms with Gasteiger partial charge >= 0.3 is 210 Å². The second-order valence-electron chi connectivity index (χ2n) is 10.3. The fourth-order valence-electron chi connectivity index (χ4n) is 6.13. The van der Waals surface area contributed by atoms with Gasteiger partial charge in [-0.1, -0.05) is 0 Å². The van der Waals surface area contributed by atoms with Crippen molar-refractivity contribution in [3.05, 3.63) is 58.2 Å². The predicted octanol–water partition coefficient (Wildman–Crippen LogP) is 2.60. The van der Waals surface area contributed by atoms with Crippen LogP contribution in [-0.2, 0) is 37.8 Å². The molecule has 3 heterocycles. The number of Topliss-reactive ketones (excluding diaryl/α,β-unsaturated/α-hetero) is 1. The second kappa shape index (κ2) is 9.15. The number of carbonyl (C=O) groups is 2. The average Bonchev–Trinajstić information content (AvgIpc) is 3.57. The summed E-state index contributed by atoms with van der Waals surface area (Å²) in [4.78, 5) is 25.0. The van der Waals surface area contributed by atoms with Crippen molar-refractivity contribution < 1.29 is 14.3 Å². The van der Waals surface area contributed by atoms with Gasteiger partial charge in [0.05, 0.1) is 0 Å². The quantitative estimate of drug-likeness (QED) is 0.254. The molecule has 2 aliphatic rings. The molecule has 0 unspecified atom stereocenters. The Kier molecular flexibility index (Phi) is 5.86. The number of nitrogens with two attached hydrogens (primary N) is 1. The number of hydrogen-bond donors (Lipinski definition) is 3. The summed E-state index contributed by atoms with van der Waals surface area (Å²) in [6.45, 7) is 6.53. The minimum absolute atomic E-state index is 0.0392. The molecule has 0 saturated carbocycles. The Bertz CT molecular complexity index is 1770. The van der Waals surface area contributed by atoms with E-state index in [0.717, 1.165) is 63.6 Å². The number of amides is 1. The summed E-state index contributed by atoms with van der Waals surface area (Å²) in [6, 6.07) is 6.00. The molecular formula is C29H30BN6O3. The van der Waals surface area contributed by atoms with Gasteiger partial charge in [0, 0.05) is 7.05 Å². The molecule has 0 spiro atoms. The van der Waals surface area contributed by atoms with Crippen LogP contribution in [0.25, 0.3) is 32.9 Å². The number of aromatic nitrogens is 3. The molecule has 4 N–H and O–H groups in total. The van der Waals surface area contributed by atoms with Crippen LogP contribution in [0.5, 0.6) is 5.75 Å². The Balaban J connectivity index is 1.48. The number of allylic oxidation sites excluding steroid dienone is 2. The van der Waals surface area contributed by atoms with Crippen molar-refractivity contribution in [1.29, 1.82) is 0 Å². The van der Waals surface area contributed by atoms with Crippen LogP contribution < -0.4 is 21.1 Å². The van der Waals surface area contributed by atoms with Crippen molar-refractivity contribution in [3.63, 3.8) is 0 Å². The summed E-state index contributed by atoms with van der Waals surface area (Å²) in [5.41, 5.74) is 15.0. The van der Waals surface area contributed by atoms with Gasteiger partial charge in [-0.25, -0.2) is 0 Å². The number of benzene rings is 2. The maximum absolute atomic E-state index is 13.2. The summed E-state index contributed by atoms with van der Waals surface area (Å²) in [5, 5.41) is 12.7. The maximum atomic E-state index is 13.2. The molecule has 10 heteroatoms. The van der Waals surface area contributed by atoms with E-state index in [2.05, 4.69) is 33.3 Å². The Hall–Kier alpha value is -4.34. The molecule has 1 aliphatic carbocycles. The van der Waals surface area contributed by atoms with Crippen LogP contribution in [0.15, 0.2) is 35.8 Å². The number of nitrogens with one attached hydrogen (secondary N) is 2. The number of ketones is 1. The van der Waals surface area contributed by atoms with Crippen LogP contribution in [-0.4, -0.2) is 45.7 Å². The Labute approximate surface area is 227 Å². The van der Waals surface area contributed by atoms with E-state index in [4.69, 9.17) is 18.0 Å². The van der Waals surface area contributed by atoms with E-state index < -0.39 is 0 Å². The van der Waals surface area contributed by atoms with Crippen LogP contribution in [0.4, 0.5) is 0 Å². The third-order valence-corrected chi connectivity index (χ3v) is 7.66. The molecular weight excluding hydrogens is 491 g/mol. The van der Waals surface area contributed by atoms with Gasteiger partial charge < -0.3 is 0 Å². The first-order chi connectivity index (χ1) is 18.7. The second-order valence-corrected chi connectivity index (χ2v) is 10.3. The molecule has 6 rings (SSSR count). The average molecular weight is 521 g/mol. The third kappa shape index (κ3) is 3.85. The van der Waals surface area contributed by atoms with E-state index in [1.807, 2.05) is 30.1 Å². The molecule has 2 aromatic heterocycles. The topological polar surface area (TPSA) is 116 Å². The number of nitrogens with zero attached hydrogens (tertiary/aromatic N) is 3. The fourth-order valence-corrected chi connectivity index (χ4v) is 6.13. The number of hydrogen-bond acceptors (Lipinski definition) is 6. The zero-order valence-corrected chi connectivity index (χ0v) is 22.6. The van der Waals surface area contributed by atoms with Crippen LogP contribution >= 0.6 is 0 Å². The van der Waals surface area contributed by atoms with Crippen molar-refractivity contribution in [1.82, 2.24) is 25.0 Å². The molecule has 0 fully saturated rings. The summed E-state index contributed by atoms with van der Waals surface area (Å²) in [5.74, 6) is 0.395. The Morgan fingerprint density at radius 3 is 2.74 bits per heavy atom. The molecule has 197 valence electrons. The standard InChI is InChI=1S/C29H30BN6O3/c1-5-36-22-9-6-16(39-13-23(30)33-27(14(2)31)15(3)37)10-18(22)25-19-11-32-29(38)26(19)24-17(28(25)36)7-8-21-20(24)12-35(4)34-21/h6,9-10,12,33H,5,7-8,11,13,31H2,1-4H3,(H,32,38). The Morgan fingerprint density at radius 1 is 1.23 bits per heavy atom. The number of ether oxygens (including phenoxy) is 1. The van der Waals surface area contributed by atoms with Crippen molar-refractivity contribution in [2.75, 3.05) is 6.61 Å². The van der Waals surface area contributed by atoms with E-state index >= 15 is 0 Å². The first-order valence-corrected chi connectivity index (χ1v) is 13.1. The third-order valence-electron chi connectivity index (χ3n) is 7.66. The molecule has 39 heavy (non-hydrogen) atoms. The van der Waals surface area contributed by atoms with Gasteiger partial charge in [-0.2, -0.15) is 5.10 Å². The summed E-state index contributed by atoms with van der Waals surface area (Å²) in [6.07, 6.45) is 3.68. The van der Waals surface area contributed by atoms with E-state index in [-0.39, 0.29) is 29.6 Å². The van der Waals surface area contributed by atoms with Crippen molar-refractivity contribution >= 4 is 46.6 Å². The van der Waals surface area contributed by atoms with E-state index in [1.165, 1.54) is 18.0 Å². The van der Waals surface area contributed by atoms with Gasteiger partial charge in [0.2, 0.25) is 0 Å². The molecule has 0 saturated heterocycles. The van der Waals surface area contributed by atoms with Gasteiger partial charge in [-0.3, -0.25) is 4.68 Å². The molecule has 0 atom stereocenters. The van der Waals surface area contributed by atoms with Gasteiger partial charge in [-0.05, 0) is 0 Å². The molecule has 1 aliphatic heterocycles.